The summed E-state index contributed by atoms with van der Waals surface area (Å²) >= 11 is 0. The zero-order chi connectivity index (χ0) is 19.1. The van der Waals surface area contributed by atoms with Crippen molar-refractivity contribution in [3.63, 3.8) is 0 Å². The van der Waals surface area contributed by atoms with Crippen LogP contribution in [0.15, 0.2) is 78.0 Å². The Balaban J connectivity index is 1.79. The molecule has 3 aromatic rings. The number of benzene rings is 2. The summed E-state index contributed by atoms with van der Waals surface area (Å²) in [5, 5.41) is 5.54. The SMILES string of the molecule is O=C(NC(=NCc1cccnc1)Nc1ccc(F)cc1)c1cccc(F)c1. The third-order valence-corrected chi connectivity index (χ3v) is 3.57. The molecule has 27 heavy (non-hydrogen) atoms. The molecule has 7 heteroatoms. The molecule has 0 atom stereocenters. The number of aromatic nitrogens is 1. The zero-order valence-electron chi connectivity index (χ0n) is 14.2. The summed E-state index contributed by atoms with van der Waals surface area (Å²) in [5.74, 6) is -1.25. The first-order chi connectivity index (χ1) is 13.1. The van der Waals surface area contributed by atoms with Gasteiger partial charge in [0.05, 0.1) is 6.54 Å². The van der Waals surface area contributed by atoms with E-state index < -0.39 is 11.7 Å². The highest BCUT2D eigenvalue weighted by molar-refractivity contribution is 6.09. The predicted octanol–water partition coefficient (Wildman–Crippen LogP) is 3.76. The highest BCUT2D eigenvalue weighted by Crippen LogP contribution is 2.09. The van der Waals surface area contributed by atoms with Crippen molar-refractivity contribution in [2.75, 3.05) is 5.32 Å². The topological polar surface area (TPSA) is 66.4 Å². The Morgan fingerprint density at radius 3 is 2.52 bits per heavy atom. The van der Waals surface area contributed by atoms with E-state index in [1.54, 1.807) is 18.5 Å². The summed E-state index contributed by atoms with van der Waals surface area (Å²) in [6.45, 7) is 0.265. The summed E-state index contributed by atoms with van der Waals surface area (Å²) < 4.78 is 26.4. The van der Waals surface area contributed by atoms with Gasteiger partial charge in [-0.05, 0) is 54.1 Å². The van der Waals surface area contributed by atoms with Crippen molar-refractivity contribution in [1.82, 2.24) is 10.3 Å². The second kappa shape index (κ2) is 8.66. The Kier molecular flexibility index (Phi) is 5.84. The number of anilines is 1. The van der Waals surface area contributed by atoms with Gasteiger partial charge in [0, 0.05) is 23.6 Å². The second-order valence-corrected chi connectivity index (χ2v) is 5.62. The van der Waals surface area contributed by atoms with Crippen molar-refractivity contribution in [3.05, 3.63) is 95.8 Å². The molecule has 0 saturated heterocycles. The maximum atomic E-state index is 13.4. The first-order valence-corrected chi connectivity index (χ1v) is 8.13. The number of carbonyl (C=O) groups is 1. The Labute approximate surface area is 154 Å². The quantitative estimate of drug-likeness (QED) is 0.546. The number of hydrogen-bond donors (Lipinski definition) is 2. The number of nitrogens with one attached hydrogen (secondary N) is 2. The van der Waals surface area contributed by atoms with E-state index in [9.17, 15) is 13.6 Å². The standard InChI is InChI=1S/C20H16F2N4O/c21-16-6-8-18(9-7-16)25-20(24-13-14-3-2-10-23-12-14)26-19(27)15-4-1-5-17(22)11-15/h1-12H,13H2,(H2,24,25,26,27). The zero-order valence-corrected chi connectivity index (χ0v) is 14.2. The number of pyridine rings is 1. The van der Waals surface area contributed by atoms with E-state index in [0.717, 1.165) is 11.6 Å². The summed E-state index contributed by atoms with van der Waals surface area (Å²) in [6, 6.07) is 14.6. The lowest BCUT2D eigenvalue weighted by molar-refractivity contribution is 0.0976. The fraction of sp³-hybridized carbons (Fsp3) is 0.0500. The van der Waals surface area contributed by atoms with E-state index in [4.69, 9.17) is 0 Å². The molecule has 0 aliphatic carbocycles. The van der Waals surface area contributed by atoms with Gasteiger partial charge in [-0.3, -0.25) is 15.1 Å². The smallest absolute Gasteiger partial charge is 0.258 e. The molecule has 2 aromatic carbocycles. The van der Waals surface area contributed by atoms with Crippen molar-refractivity contribution in [1.29, 1.82) is 0 Å². The predicted molar refractivity (Wildman–Crippen MR) is 99.3 cm³/mol. The van der Waals surface area contributed by atoms with Crippen LogP contribution < -0.4 is 10.6 Å². The van der Waals surface area contributed by atoms with Crippen LogP contribution in [0.2, 0.25) is 0 Å². The Morgan fingerprint density at radius 2 is 1.81 bits per heavy atom. The van der Waals surface area contributed by atoms with Crippen LogP contribution in [0.3, 0.4) is 0 Å². The van der Waals surface area contributed by atoms with Crippen LogP contribution in [-0.4, -0.2) is 16.9 Å². The summed E-state index contributed by atoms with van der Waals surface area (Å²) in [6.07, 6.45) is 3.31. The fourth-order valence-electron chi connectivity index (χ4n) is 2.25. The van der Waals surface area contributed by atoms with E-state index in [1.165, 1.54) is 42.5 Å². The van der Waals surface area contributed by atoms with Crippen molar-refractivity contribution in [2.24, 2.45) is 4.99 Å². The van der Waals surface area contributed by atoms with Gasteiger partial charge in [-0.2, -0.15) is 0 Å². The minimum absolute atomic E-state index is 0.153. The maximum absolute atomic E-state index is 13.4. The van der Waals surface area contributed by atoms with Crippen LogP contribution in [0.25, 0.3) is 0 Å². The van der Waals surface area contributed by atoms with E-state index in [2.05, 4.69) is 20.6 Å². The fourth-order valence-corrected chi connectivity index (χ4v) is 2.25. The van der Waals surface area contributed by atoms with Gasteiger partial charge in [0.1, 0.15) is 11.6 Å². The summed E-state index contributed by atoms with van der Waals surface area (Å²) in [4.78, 5) is 20.8. The minimum atomic E-state index is -0.519. The van der Waals surface area contributed by atoms with Crippen LogP contribution in [0.4, 0.5) is 14.5 Å². The van der Waals surface area contributed by atoms with E-state index in [-0.39, 0.29) is 23.9 Å². The molecule has 0 radical (unpaired) electrons. The highest BCUT2D eigenvalue weighted by atomic mass is 19.1. The lowest BCUT2D eigenvalue weighted by Crippen LogP contribution is -2.36. The third kappa shape index (κ3) is 5.43. The summed E-state index contributed by atoms with van der Waals surface area (Å²) in [5.41, 5.74) is 1.54. The number of amides is 1. The molecular formula is C20H16F2N4O. The number of nitrogens with zero attached hydrogens (tertiary/aromatic N) is 2. The van der Waals surface area contributed by atoms with Gasteiger partial charge in [-0.1, -0.05) is 12.1 Å². The van der Waals surface area contributed by atoms with E-state index in [0.29, 0.717) is 5.69 Å². The number of hydrogen-bond acceptors (Lipinski definition) is 3. The molecule has 0 aliphatic heterocycles. The van der Waals surface area contributed by atoms with Crippen molar-refractivity contribution < 1.29 is 13.6 Å². The number of aliphatic imine (C=N–C) groups is 1. The van der Waals surface area contributed by atoms with Crippen molar-refractivity contribution in [3.8, 4) is 0 Å². The molecule has 1 aromatic heterocycles. The first-order valence-electron chi connectivity index (χ1n) is 8.13. The Bertz CT molecular complexity index is 944. The van der Waals surface area contributed by atoms with Crippen LogP contribution in [-0.2, 0) is 6.54 Å². The number of rotatable bonds is 4. The number of carbonyl (C=O) groups excluding carboxylic acids is 1. The van der Waals surface area contributed by atoms with Gasteiger partial charge < -0.3 is 5.32 Å². The average Bonchev–Trinajstić information content (AvgIpc) is 2.68. The van der Waals surface area contributed by atoms with Gasteiger partial charge in [0.25, 0.3) is 5.91 Å². The molecule has 3 rings (SSSR count). The third-order valence-electron chi connectivity index (χ3n) is 3.57. The van der Waals surface area contributed by atoms with E-state index >= 15 is 0 Å². The normalized spacial score (nSPS) is 11.1. The van der Waals surface area contributed by atoms with Gasteiger partial charge >= 0.3 is 0 Å². The number of guanidine groups is 1. The Morgan fingerprint density at radius 1 is 1.00 bits per heavy atom. The van der Waals surface area contributed by atoms with Crippen LogP contribution in [0.1, 0.15) is 15.9 Å². The molecule has 5 nitrogen and oxygen atoms in total. The number of halogens is 2. The highest BCUT2D eigenvalue weighted by Gasteiger charge is 2.10. The molecule has 2 N–H and O–H groups in total. The largest absolute Gasteiger partial charge is 0.326 e. The van der Waals surface area contributed by atoms with E-state index in [1.807, 2.05) is 6.07 Å². The Hall–Kier alpha value is -3.61. The van der Waals surface area contributed by atoms with Crippen LogP contribution in [0, 0.1) is 11.6 Å². The molecule has 0 bridgehead atoms. The van der Waals surface area contributed by atoms with Gasteiger partial charge in [-0.25, -0.2) is 13.8 Å². The molecule has 0 saturated carbocycles. The lowest BCUT2D eigenvalue weighted by atomic mass is 10.2. The molecule has 1 heterocycles. The molecule has 0 unspecified atom stereocenters. The van der Waals surface area contributed by atoms with Gasteiger partial charge in [0.15, 0.2) is 0 Å². The van der Waals surface area contributed by atoms with Crippen LogP contribution in [0.5, 0.6) is 0 Å². The average molecular weight is 366 g/mol. The maximum Gasteiger partial charge on any atom is 0.258 e. The van der Waals surface area contributed by atoms with Gasteiger partial charge in [-0.15, -0.1) is 0 Å². The van der Waals surface area contributed by atoms with Crippen molar-refractivity contribution >= 4 is 17.6 Å². The second-order valence-electron chi connectivity index (χ2n) is 5.62. The van der Waals surface area contributed by atoms with Crippen LogP contribution >= 0.6 is 0 Å². The molecule has 0 aliphatic rings. The van der Waals surface area contributed by atoms with Crippen molar-refractivity contribution in [2.45, 2.75) is 6.54 Å². The first kappa shape index (κ1) is 18.2. The lowest BCUT2D eigenvalue weighted by Gasteiger charge is -2.12. The molecule has 0 spiro atoms. The molecule has 1 amide bonds. The molecular weight excluding hydrogens is 350 g/mol. The molecule has 136 valence electrons. The monoisotopic (exact) mass is 366 g/mol. The van der Waals surface area contributed by atoms with Gasteiger partial charge in [0.2, 0.25) is 5.96 Å². The minimum Gasteiger partial charge on any atom is -0.326 e. The molecule has 0 fully saturated rings. The summed E-state index contributed by atoms with van der Waals surface area (Å²) in [7, 11) is 0.